The van der Waals surface area contributed by atoms with Crippen LogP contribution >= 0.6 is 11.8 Å². The molecule has 1 nitrogen and oxygen atoms in total. The van der Waals surface area contributed by atoms with Gasteiger partial charge in [0, 0.05) is 4.90 Å². The van der Waals surface area contributed by atoms with Crippen LogP contribution in [0.4, 0.5) is 0 Å². The van der Waals surface area contributed by atoms with Crippen LogP contribution in [0.25, 0.3) is 0 Å². The topological polar surface area (TPSA) is 20.2 Å². The van der Waals surface area contributed by atoms with Gasteiger partial charge >= 0.3 is 0 Å². The maximum absolute atomic E-state index is 9.22. The second kappa shape index (κ2) is 4.68. The molecule has 0 bridgehead atoms. The van der Waals surface area contributed by atoms with E-state index >= 15 is 0 Å². The fourth-order valence-electron chi connectivity index (χ4n) is 1.41. The van der Waals surface area contributed by atoms with Gasteiger partial charge in [-0.3, -0.25) is 0 Å². The van der Waals surface area contributed by atoms with Gasteiger partial charge in [-0.2, -0.15) is 0 Å². The first kappa shape index (κ1) is 10.6. The molecule has 0 aliphatic rings. The van der Waals surface area contributed by atoms with E-state index < -0.39 is 0 Å². The van der Waals surface area contributed by atoms with Crippen molar-refractivity contribution in [2.45, 2.75) is 31.3 Å². The quantitative estimate of drug-likeness (QED) is 0.750. The minimum Gasteiger partial charge on any atom is -0.393 e. The number of hydrogen-bond donors (Lipinski definition) is 1. The molecule has 1 rings (SSSR count). The van der Waals surface area contributed by atoms with E-state index in [-0.39, 0.29) is 6.10 Å². The number of aliphatic hydroxyl groups is 1. The predicted octanol–water partition coefficient (Wildman–Crippen LogP) is 2.64. The lowest BCUT2D eigenvalue weighted by atomic mass is 10.1. The van der Waals surface area contributed by atoms with Crippen molar-refractivity contribution in [3.05, 3.63) is 29.3 Å². The lowest BCUT2D eigenvalue weighted by Gasteiger charge is -2.07. The molecule has 13 heavy (non-hydrogen) atoms. The van der Waals surface area contributed by atoms with Gasteiger partial charge in [-0.05, 0) is 43.7 Å². The van der Waals surface area contributed by atoms with Gasteiger partial charge < -0.3 is 5.11 Å². The van der Waals surface area contributed by atoms with E-state index in [0.29, 0.717) is 0 Å². The Morgan fingerprint density at radius 2 is 2.15 bits per heavy atom. The SMILES string of the molecule is CSc1ccc(CC(C)O)cc1C. The summed E-state index contributed by atoms with van der Waals surface area (Å²) in [7, 11) is 0. The molecule has 1 unspecified atom stereocenters. The van der Waals surface area contributed by atoms with E-state index in [4.69, 9.17) is 0 Å². The lowest BCUT2D eigenvalue weighted by Crippen LogP contribution is -2.04. The Hall–Kier alpha value is -0.470. The molecular formula is C11H16OS. The van der Waals surface area contributed by atoms with Gasteiger partial charge in [0.15, 0.2) is 0 Å². The van der Waals surface area contributed by atoms with Crippen LogP contribution in [0.5, 0.6) is 0 Å². The average Bonchev–Trinajstić information content (AvgIpc) is 2.03. The Balaban J connectivity index is 2.83. The summed E-state index contributed by atoms with van der Waals surface area (Å²) in [6.45, 7) is 3.93. The van der Waals surface area contributed by atoms with Crippen molar-refractivity contribution in [3.8, 4) is 0 Å². The predicted molar refractivity (Wildman–Crippen MR) is 58.3 cm³/mol. The normalized spacial score (nSPS) is 12.9. The molecule has 72 valence electrons. The summed E-state index contributed by atoms with van der Waals surface area (Å²) in [6, 6.07) is 6.36. The van der Waals surface area contributed by atoms with Gasteiger partial charge in [0.25, 0.3) is 0 Å². The maximum atomic E-state index is 9.22. The zero-order valence-electron chi connectivity index (χ0n) is 8.37. The van der Waals surface area contributed by atoms with Crippen LogP contribution in [0.15, 0.2) is 23.1 Å². The summed E-state index contributed by atoms with van der Waals surface area (Å²) >= 11 is 1.76. The highest BCUT2D eigenvalue weighted by Crippen LogP contribution is 2.21. The molecule has 0 radical (unpaired) electrons. The van der Waals surface area contributed by atoms with Crippen LogP contribution in [0.2, 0.25) is 0 Å². The summed E-state index contributed by atoms with van der Waals surface area (Å²) in [5, 5.41) is 9.22. The van der Waals surface area contributed by atoms with Crippen molar-refractivity contribution in [3.63, 3.8) is 0 Å². The summed E-state index contributed by atoms with van der Waals surface area (Å²) < 4.78 is 0. The van der Waals surface area contributed by atoms with Gasteiger partial charge in [0.2, 0.25) is 0 Å². The zero-order chi connectivity index (χ0) is 9.84. The van der Waals surface area contributed by atoms with Crippen molar-refractivity contribution < 1.29 is 5.11 Å². The number of benzene rings is 1. The smallest absolute Gasteiger partial charge is 0.0552 e. The molecule has 1 aromatic rings. The van der Waals surface area contributed by atoms with E-state index in [9.17, 15) is 5.11 Å². The van der Waals surface area contributed by atoms with Gasteiger partial charge in [0.1, 0.15) is 0 Å². The number of thioether (sulfide) groups is 1. The van der Waals surface area contributed by atoms with Crippen molar-refractivity contribution in [1.82, 2.24) is 0 Å². The van der Waals surface area contributed by atoms with Gasteiger partial charge in [0.05, 0.1) is 6.10 Å². The third kappa shape index (κ3) is 3.05. The van der Waals surface area contributed by atoms with Gasteiger partial charge in [-0.1, -0.05) is 12.1 Å². The molecule has 1 aromatic carbocycles. The van der Waals surface area contributed by atoms with E-state index in [1.165, 1.54) is 16.0 Å². The minimum absolute atomic E-state index is 0.250. The van der Waals surface area contributed by atoms with Crippen molar-refractivity contribution >= 4 is 11.8 Å². The van der Waals surface area contributed by atoms with Crippen LogP contribution in [0.3, 0.4) is 0 Å². The highest BCUT2D eigenvalue weighted by Gasteiger charge is 2.01. The fraction of sp³-hybridized carbons (Fsp3) is 0.455. The first-order chi connectivity index (χ1) is 6.13. The average molecular weight is 196 g/mol. The summed E-state index contributed by atoms with van der Waals surface area (Å²) in [5.41, 5.74) is 2.51. The minimum atomic E-state index is -0.250. The molecule has 0 amide bonds. The molecule has 0 heterocycles. The third-order valence-corrected chi connectivity index (χ3v) is 2.89. The van der Waals surface area contributed by atoms with E-state index in [1.54, 1.807) is 11.8 Å². The Morgan fingerprint density at radius 1 is 1.46 bits per heavy atom. The summed E-state index contributed by atoms with van der Waals surface area (Å²) in [6.07, 6.45) is 2.58. The van der Waals surface area contributed by atoms with Gasteiger partial charge in [-0.25, -0.2) is 0 Å². The molecule has 1 atom stereocenters. The molecule has 0 aliphatic heterocycles. The van der Waals surface area contributed by atoms with Crippen molar-refractivity contribution in [2.75, 3.05) is 6.26 Å². The Bertz CT molecular complexity index is 281. The van der Waals surface area contributed by atoms with E-state index in [0.717, 1.165) is 6.42 Å². The zero-order valence-corrected chi connectivity index (χ0v) is 9.19. The molecule has 0 aromatic heterocycles. The van der Waals surface area contributed by atoms with Crippen LogP contribution in [-0.2, 0) is 6.42 Å². The number of aryl methyl sites for hydroxylation is 1. The second-order valence-corrected chi connectivity index (χ2v) is 4.21. The summed E-state index contributed by atoms with van der Waals surface area (Å²) in [5.74, 6) is 0. The van der Waals surface area contributed by atoms with Crippen LogP contribution in [-0.4, -0.2) is 17.5 Å². The Labute approximate surface area is 84.2 Å². The monoisotopic (exact) mass is 196 g/mol. The highest BCUT2D eigenvalue weighted by molar-refractivity contribution is 7.98. The molecule has 0 saturated heterocycles. The lowest BCUT2D eigenvalue weighted by molar-refractivity contribution is 0.195. The summed E-state index contributed by atoms with van der Waals surface area (Å²) in [4.78, 5) is 1.31. The van der Waals surface area contributed by atoms with Crippen LogP contribution in [0, 0.1) is 6.92 Å². The molecule has 0 saturated carbocycles. The number of aliphatic hydroxyl groups excluding tert-OH is 1. The Morgan fingerprint density at radius 3 is 2.62 bits per heavy atom. The third-order valence-electron chi connectivity index (χ3n) is 1.99. The maximum Gasteiger partial charge on any atom is 0.0552 e. The largest absolute Gasteiger partial charge is 0.393 e. The molecule has 0 aliphatic carbocycles. The van der Waals surface area contributed by atoms with Crippen LogP contribution in [0.1, 0.15) is 18.1 Å². The molecule has 2 heteroatoms. The van der Waals surface area contributed by atoms with Crippen molar-refractivity contribution in [2.24, 2.45) is 0 Å². The molecule has 1 N–H and O–H groups in total. The number of rotatable bonds is 3. The molecular weight excluding hydrogens is 180 g/mol. The van der Waals surface area contributed by atoms with Gasteiger partial charge in [-0.15, -0.1) is 11.8 Å². The Kier molecular flexibility index (Phi) is 3.82. The van der Waals surface area contributed by atoms with Crippen LogP contribution < -0.4 is 0 Å². The molecule has 0 spiro atoms. The number of hydrogen-bond acceptors (Lipinski definition) is 2. The standard InChI is InChI=1S/C11H16OS/c1-8-6-10(7-9(2)12)4-5-11(8)13-3/h4-6,9,12H,7H2,1-3H3. The first-order valence-electron chi connectivity index (χ1n) is 4.45. The second-order valence-electron chi connectivity index (χ2n) is 3.36. The first-order valence-corrected chi connectivity index (χ1v) is 5.67. The molecule has 0 fully saturated rings. The van der Waals surface area contributed by atoms with Crippen molar-refractivity contribution in [1.29, 1.82) is 0 Å². The van der Waals surface area contributed by atoms with E-state index in [2.05, 4.69) is 31.4 Å². The van der Waals surface area contributed by atoms with E-state index in [1.807, 2.05) is 6.92 Å². The fourth-order valence-corrected chi connectivity index (χ4v) is 1.99. The highest BCUT2D eigenvalue weighted by atomic mass is 32.2.